The molecule has 2 rings (SSSR count). The number of aldehydes is 1. The number of fused-ring (bicyclic) bond motifs is 1. The molecule has 2 aromatic heterocycles. The summed E-state index contributed by atoms with van der Waals surface area (Å²) >= 11 is 0. The minimum atomic E-state index is 0.311. The van der Waals surface area contributed by atoms with E-state index in [4.69, 9.17) is 0 Å². The van der Waals surface area contributed by atoms with Crippen molar-refractivity contribution in [2.75, 3.05) is 0 Å². The number of imidazole rings is 1. The predicted molar refractivity (Wildman–Crippen MR) is 40.6 cm³/mol. The molecule has 0 bridgehead atoms. The Bertz CT molecular complexity index is 375. The van der Waals surface area contributed by atoms with Gasteiger partial charge in [0.15, 0.2) is 0 Å². The Morgan fingerprint density at radius 1 is 1.50 bits per heavy atom. The second kappa shape index (κ2) is 2.69. The molecular weight excluding hydrogens is 156 g/mol. The standard InChI is InChI=1S/C7H6N4O/c12-4-1-6-5-11-7(10-6)8-2-3-9-11/h2-5H,1H2. The molecule has 12 heavy (non-hydrogen) atoms. The maximum Gasteiger partial charge on any atom is 0.250 e. The molecular formula is C7H6N4O. The lowest BCUT2D eigenvalue weighted by Crippen LogP contribution is -1.89. The van der Waals surface area contributed by atoms with Crippen molar-refractivity contribution in [2.45, 2.75) is 6.42 Å². The molecule has 5 heteroatoms. The largest absolute Gasteiger partial charge is 0.303 e. The van der Waals surface area contributed by atoms with Crippen LogP contribution in [0.1, 0.15) is 5.69 Å². The molecule has 0 amide bonds. The van der Waals surface area contributed by atoms with Crippen LogP contribution in [-0.2, 0) is 11.2 Å². The first-order valence-corrected chi connectivity index (χ1v) is 3.49. The normalized spacial score (nSPS) is 10.3. The Labute approximate surface area is 68.1 Å². The van der Waals surface area contributed by atoms with E-state index in [0.717, 1.165) is 6.29 Å². The van der Waals surface area contributed by atoms with Gasteiger partial charge in [-0.15, -0.1) is 0 Å². The Morgan fingerprint density at radius 3 is 3.17 bits per heavy atom. The molecule has 0 N–H and O–H groups in total. The van der Waals surface area contributed by atoms with Crippen LogP contribution in [0.15, 0.2) is 18.6 Å². The fraction of sp³-hybridized carbons (Fsp3) is 0.143. The van der Waals surface area contributed by atoms with Gasteiger partial charge < -0.3 is 4.79 Å². The number of hydrogen-bond donors (Lipinski definition) is 0. The zero-order valence-electron chi connectivity index (χ0n) is 6.21. The molecule has 0 atom stereocenters. The van der Waals surface area contributed by atoms with Crippen molar-refractivity contribution in [3.63, 3.8) is 0 Å². The van der Waals surface area contributed by atoms with Crippen LogP contribution >= 0.6 is 0 Å². The lowest BCUT2D eigenvalue weighted by Gasteiger charge is -1.84. The summed E-state index contributed by atoms with van der Waals surface area (Å²) in [6.07, 6.45) is 5.94. The zero-order valence-corrected chi connectivity index (χ0v) is 6.21. The highest BCUT2D eigenvalue weighted by Gasteiger charge is 2.00. The van der Waals surface area contributed by atoms with E-state index in [2.05, 4.69) is 15.1 Å². The maximum atomic E-state index is 10.2. The Kier molecular flexibility index (Phi) is 1.55. The molecule has 0 aliphatic carbocycles. The van der Waals surface area contributed by atoms with E-state index >= 15 is 0 Å². The smallest absolute Gasteiger partial charge is 0.250 e. The fourth-order valence-corrected chi connectivity index (χ4v) is 0.966. The van der Waals surface area contributed by atoms with Crippen molar-refractivity contribution in [3.05, 3.63) is 24.3 Å². The first kappa shape index (κ1) is 6.90. The van der Waals surface area contributed by atoms with Gasteiger partial charge >= 0.3 is 0 Å². The molecule has 0 spiro atoms. The van der Waals surface area contributed by atoms with Crippen molar-refractivity contribution in [1.29, 1.82) is 0 Å². The maximum absolute atomic E-state index is 10.2. The molecule has 0 aliphatic rings. The van der Waals surface area contributed by atoms with Crippen LogP contribution in [-0.4, -0.2) is 25.9 Å². The Hall–Kier alpha value is -1.78. The van der Waals surface area contributed by atoms with Crippen molar-refractivity contribution in [2.24, 2.45) is 0 Å². The van der Waals surface area contributed by atoms with Crippen molar-refractivity contribution in [1.82, 2.24) is 19.6 Å². The van der Waals surface area contributed by atoms with Crippen molar-refractivity contribution >= 4 is 12.1 Å². The van der Waals surface area contributed by atoms with Crippen molar-refractivity contribution < 1.29 is 4.79 Å². The van der Waals surface area contributed by atoms with E-state index in [0.29, 0.717) is 17.9 Å². The van der Waals surface area contributed by atoms with Gasteiger partial charge in [0.05, 0.1) is 24.3 Å². The van der Waals surface area contributed by atoms with Gasteiger partial charge in [0.2, 0.25) is 0 Å². The van der Waals surface area contributed by atoms with Crippen LogP contribution in [0.5, 0.6) is 0 Å². The molecule has 0 saturated heterocycles. The summed E-state index contributed by atoms with van der Waals surface area (Å²) in [5.74, 6) is 0.523. The van der Waals surface area contributed by atoms with E-state index in [1.807, 2.05) is 0 Å². The predicted octanol–water partition coefficient (Wildman–Crippen LogP) is -0.134. The molecule has 0 unspecified atom stereocenters. The molecule has 5 nitrogen and oxygen atoms in total. The second-order valence-corrected chi connectivity index (χ2v) is 2.29. The third-order valence-electron chi connectivity index (χ3n) is 1.46. The summed E-state index contributed by atoms with van der Waals surface area (Å²) < 4.78 is 1.54. The highest BCUT2D eigenvalue weighted by Crippen LogP contribution is 1.98. The van der Waals surface area contributed by atoms with Gasteiger partial charge in [-0.3, -0.25) is 0 Å². The minimum Gasteiger partial charge on any atom is -0.303 e. The molecule has 60 valence electrons. The first-order chi connectivity index (χ1) is 5.90. The SMILES string of the molecule is O=CCc1cn2nccnc2n1. The molecule has 0 saturated carbocycles. The Morgan fingerprint density at radius 2 is 2.42 bits per heavy atom. The lowest BCUT2D eigenvalue weighted by atomic mass is 10.4. The third kappa shape index (κ3) is 1.05. The number of carbonyl (C=O) groups is 1. The summed E-state index contributed by atoms with van der Waals surface area (Å²) in [6.45, 7) is 0. The van der Waals surface area contributed by atoms with Crippen LogP contribution in [0, 0.1) is 0 Å². The summed E-state index contributed by atoms with van der Waals surface area (Å²) in [6, 6.07) is 0. The molecule has 0 fully saturated rings. The van der Waals surface area contributed by atoms with Gasteiger partial charge in [-0.05, 0) is 0 Å². The molecule has 0 aliphatic heterocycles. The lowest BCUT2D eigenvalue weighted by molar-refractivity contribution is -0.107. The average molecular weight is 162 g/mol. The average Bonchev–Trinajstić information content (AvgIpc) is 2.47. The van der Waals surface area contributed by atoms with Gasteiger partial charge in [-0.1, -0.05) is 0 Å². The van der Waals surface area contributed by atoms with Gasteiger partial charge in [0.25, 0.3) is 5.78 Å². The number of nitrogens with zero attached hydrogens (tertiary/aromatic N) is 4. The highest BCUT2D eigenvalue weighted by atomic mass is 16.1. The summed E-state index contributed by atoms with van der Waals surface area (Å²) in [5, 5.41) is 3.96. The van der Waals surface area contributed by atoms with Gasteiger partial charge in [-0.25, -0.2) is 14.5 Å². The van der Waals surface area contributed by atoms with E-state index in [-0.39, 0.29) is 0 Å². The van der Waals surface area contributed by atoms with Crippen molar-refractivity contribution in [3.8, 4) is 0 Å². The van der Waals surface area contributed by atoms with E-state index in [9.17, 15) is 4.79 Å². The minimum absolute atomic E-state index is 0.311. The number of rotatable bonds is 2. The third-order valence-corrected chi connectivity index (χ3v) is 1.46. The van der Waals surface area contributed by atoms with E-state index in [1.54, 1.807) is 23.1 Å². The summed E-state index contributed by atoms with van der Waals surface area (Å²) in [4.78, 5) is 18.2. The van der Waals surface area contributed by atoms with Crippen LogP contribution in [0.2, 0.25) is 0 Å². The molecule has 0 aromatic carbocycles. The Balaban J connectivity index is 2.54. The number of hydrogen-bond acceptors (Lipinski definition) is 4. The number of aromatic nitrogens is 4. The molecule has 2 heterocycles. The second-order valence-electron chi connectivity index (χ2n) is 2.29. The quantitative estimate of drug-likeness (QED) is 0.577. The van der Waals surface area contributed by atoms with Crippen LogP contribution in [0.4, 0.5) is 0 Å². The van der Waals surface area contributed by atoms with E-state index in [1.165, 1.54) is 0 Å². The summed E-state index contributed by atoms with van der Waals surface area (Å²) in [5.41, 5.74) is 0.691. The zero-order chi connectivity index (χ0) is 8.39. The first-order valence-electron chi connectivity index (χ1n) is 3.49. The van der Waals surface area contributed by atoms with Gasteiger partial charge in [0, 0.05) is 6.42 Å². The topological polar surface area (TPSA) is 60.2 Å². The van der Waals surface area contributed by atoms with Gasteiger partial charge in [-0.2, -0.15) is 5.10 Å². The van der Waals surface area contributed by atoms with Crippen LogP contribution in [0.3, 0.4) is 0 Å². The molecule has 2 aromatic rings. The summed E-state index contributed by atoms with van der Waals surface area (Å²) in [7, 11) is 0. The van der Waals surface area contributed by atoms with Gasteiger partial charge in [0.1, 0.15) is 6.29 Å². The monoisotopic (exact) mass is 162 g/mol. The van der Waals surface area contributed by atoms with Crippen LogP contribution < -0.4 is 0 Å². The van der Waals surface area contributed by atoms with Crippen LogP contribution in [0.25, 0.3) is 5.78 Å². The van der Waals surface area contributed by atoms with E-state index < -0.39 is 0 Å². The number of carbonyl (C=O) groups excluding carboxylic acids is 1. The molecule has 0 radical (unpaired) electrons. The fourth-order valence-electron chi connectivity index (χ4n) is 0.966. The highest BCUT2D eigenvalue weighted by molar-refractivity contribution is 5.54.